The predicted molar refractivity (Wildman–Crippen MR) is 110 cm³/mol. The average Bonchev–Trinajstić information content (AvgIpc) is 3.11. The lowest BCUT2D eigenvalue weighted by atomic mass is 10.0. The maximum absolute atomic E-state index is 13.3. The van der Waals surface area contributed by atoms with E-state index in [-0.39, 0.29) is 27.7 Å². The minimum atomic E-state index is -5.01. The summed E-state index contributed by atoms with van der Waals surface area (Å²) in [6, 6.07) is 1.99. The molecule has 0 unspecified atom stereocenters. The third kappa shape index (κ3) is 5.06. The fraction of sp³-hybridized carbons (Fsp3) is 0.368. The lowest BCUT2D eigenvalue weighted by Crippen LogP contribution is -2.22. The largest absolute Gasteiger partial charge is 0.478 e. The lowest BCUT2D eigenvalue weighted by Gasteiger charge is -2.21. The van der Waals surface area contributed by atoms with Crippen LogP contribution in [0.2, 0.25) is 0 Å². The monoisotopic (exact) mass is 487 g/mol. The number of carboxylic acid groups (broad SMARTS) is 1. The Hall–Kier alpha value is -3.26. The van der Waals surface area contributed by atoms with Gasteiger partial charge in [0.1, 0.15) is 11.4 Å². The molecule has 0 spiro atoms. The van der Waals surface area contributed by atoms with Crippen molar-refractivity contribution in [2.45, 2.75) is 37.6 Å². The third-order valence-electron chi connectivity index (χ3n) is 4.79. The van der Waals surface area contributed by atoms with Gasteiger partial charge < -0.3 is 20.5 Å². The molecular formula is C19H20F3N5O5S. The molecule has 0 saturated carbocycles. The molecule has 10 nitrogen and oxygen atoms in total. The summed E-state index contributed by atoms with van der Waals surface area (Å²) in [6.07, 6.45) is -3.44. The summed E-state index contributed by atoms with van der Waals surface area (Å²) in [6.45, 7) is 2.98. The molecule has 0 fully saturated rings. The Morgan fingerprint density at radius 2 is 1.91 bits per heavy atom. The molecule has 0 aliphatic rings. The number of hydrogen-bond donors (Lipinski definition) is 4. The maximum Gasteiger partial charge on any atom is 0.434 e. The van der Waals surface area contributed by atoms with E-state index in [9.17, 15) is 31.5 Å². The highest BCUT2D eigenvalue weighted by Gasteiger charge is 2.38. The second-order valence-corrected chi connectivity index (χ2v) is 9.64. The molecule has 0 aliphatic heterocycles. The van der Waals surface area contributed by atoms with Crippen LogP contribution in [0.3, 0.4) is 0 Å². The van der Waals surface area contributed by atoms with Gasteiger partial charge in [-0.2, -0.15) is 13.2 Å². The van der Waals surface area contributed by atoms with Gasteiger partial charge in [-0.1, -0.05) is 13.8 Å². The third-order valence-corrected chi connectivity index (χ3v) is 5.96. The van der Waals surface area contributed by atoms with Gasteiger partial charge in [0.2, 0.25) is 5.95 Å². The molecule has 0 aliphatic carbocycles. The Balaban J connectivity index is 2.06. The van der Waals surface area contributed by atoms with Crippen molar-refractivity contribution in [3.05, 3.63) is 41.0 Å². The second-order valence-electron chi connectivity index (χ2n) is 7.65. The number of hydrogen-bond acceptors (Lipinski definition) is 8. The first-order chi connectivity index (χ1) is 15.2. The number of nitrogens with one attached hydrogen (secondary N) is 2. The van der Waals surface area contributed by atoms with E-state index in [1.54, 1.807) is 13.8 Å². The smallest absolute Gasteiger partial charge is 0.434 e. The maximum atomic E-state index is 13.3. The molecule has 0 saturated heterocycles. The number of carbonyl (C=O) groups is 1. The molecule has 14 heteroatoms. The first kappa shape index (κ1) is 24.4. The number of benzene rings is 1. The quantitative estimate of drug-likeness (QED) is 0.393. The van der Waals surface area contributed by atoms with Gasteiger partial charge in [0, 0.05) is 12.5 Å². The molecule has 1 aromatic carbocycles. The van der Waals surface area contributed by atoms with Crippen LogP contribution in [0.4, 0.5) is 19.1 Å². The van der Waals surface area contributed by atoms with Gasteiger partial charge in [-0.3, -0.25) is 0 Å². The molecule has 3 rings (SSSR count). The number of carboxylic acids is 1. The molecule has 3 aromatic rings. The van der Waals surface area contributed by atoms with E-state index >= 15 is 0 Å². The summed E-state index contributed by atoms with van der Waals surface area (Å²) in [5.74, 6) is -2.27. The zero-order chi connectivity index (χ0) is 24.7. The summed E-state index contributed by atoms with van der Waals surface area (Å²) >= 11 is 0. The number of anilines is 1. The predicted octanol–water partition coefficient (Wildman–Crippen LogP) is 2.77. The molecule has 0 radical (unpaired) electrons. The van der Waals surface area contributed by atoms with Crippen LogP contribution in [0, 0.1) is 5.92 Å². The van der Waals surface area contributed by atoms with E-state index in [4.69, 9.17) is 5.11 Å². The van der Waals surface area contributed by atoms with Crippen molar-refractivity contribution in [1.29, 1.82) is 0 Å². The number of aromatic nitrogens is 4. The van der Waals surface area contributed by atoms with E-state index in [1.807, 2.05) is 0 Å². The Morgan fingerprint density at radius 1 is 1.24 bits per heavy atom. The number of aliphatic hydroxyl groups is 1. The van der Waals surface area contributed by atoms with Crippen molar-refractivity contribution >= 4 is 32.8 Å². The van der Waals surface area contributed by atoms with Gasteiger partial charge in [-0.15, -0.1) is 0 Å². The van der Waals surface area contributed by atoms with Crippen LogP contribution in [0.1, 0.15) is 47.3 Å². The molecule has 1 atom stereocenters. The van der Waals surface area contributed by atoms with Gasteiger partial charge in [-0.05, 0) is 23.6 Å². The van der Waals surface area contributed by atoms with Crippen molar-refractivity contribution in [2.24, 2.45) is 5.92 Å². The lowest BCUT2D eigenvalue weighted by molar-refractivity contribution is -0.141. The van der Waals surface area contributed by atoms with Crippen LogP contribution in [-0.4, -0.2) is 50.8 Å². The van der Waals surface area contributed by atoms with Gasteiger partial charge in [0.05, 0.1) is 28.6 Å². The molecule has 2 aromatic heterocycles. The van der Waals surface area contributed by atoms with Crippen LogP contribution in [0.15, 0.2) is 23.2 Å². The number of alkyl halides is 3. The number of aliphatic hydroxyl groups excluding tert-OH is 1. The first-order valence-electron chi connectivity index (χ1n) is 9.50. The molecule has 4 N–H and O–H groups in total. The molecule has 0 amide bonds. The minimum Gasteiger partial charge on any atom is -0.478 e. The molecule has 33 heavy (non-hydrogen) atoms. The van der Waals surface area contributed by atoms with Crippen molar-refractivity contribution in [3.8, 4) is 0 Å². The first-order valence-corrected chi connectivity index (χ1v) is 11.4. The zero-order valence-electron chi connectivity index (χ0n) is 17.6. The van der Waals surface area contributed by atoms with Crippen LogP contribution in [-0.2, 0) is 22.6 Å². The summed E-state index contributed by atoms with van der Waals surface area (Å²) < 4.78 is 63.9. The van der Waals surface area contributed by atoms with E-state index < -0.39 is 51.8 Å². The van der Waals surface area contributed by atoms with Gasteiger partial charge in [-0.25, -0.2) is 28.2 Å². The van der Waals surface area contributed by atoms with Gasteiger partial charge >= 0.3 is 12.1 Å². The standard InChI is InChI=1S/C19H20F3N5O5S/c1-8(2)14(26-18-23-6-10(17(29)30)15(27-18)19(20,21)22)16-24-11-4-9(7-28)13(33(3,31)32)5-12(11)25-16/h4-6,8,14,28H,7H2,1-3H3,(H,24,25)(H,29,30)(H,23,26,27)/t14-/m0/s1. The molecule has 178 valence electrons. The number of sulfone groups is 1. The molecular weight excluding hydrogens is 467 g/mol. The Morgan fingerprint density at radius 3 is 2.42 bits per heavy atom. The topological polar surface area (TPSA) is 158 Å². The highest BCUT2D eigenvalue weighted by Crippen LogP contribution is 2.32. The second kappa shape index (κ2) is 8.59. The van der Waals surface area contributed by atoms with Crippen molar-refractivity contribution < 1.29 is 36.6 Å². The zero-order valence-corrected chi connectivity index (χ0v) is 18.4. The average molecular weight is 487 g/mol. The van der Waals surface area contributed by atoms with Gasteiger partial charge in [0.25, 0.3) is 0 Å². The normalized spacial score (nSPS) is 13.5. The van der Waals surface area contributed by atoms with E-state index in [0.29, 0.717) is 11.7 Å². The summed E-state index contributed by atoms with van der Waals surface area (Å²) in [7, 11) is -3.65. The van der Waals surface area contributed by atoms with Crippen LogP contribution >= 0.6 is 0 Å². The fourth-order valence-corrected chi connectivity index (χ4v) is 4.16. The van der Waals surface area contributed by atoms with Crippen LogP contribution in [0.5, 0.6) is 0 Å². The minimum absolute atomic E-state index is 0.0907. The fourth-order valence-electron chi connectivity index (χ4n) is 3.23. The van der Waals surface area contributed by atoms with Crippen molar-refractivity contribution in [3.63, 3.8) is 0 Å². The highest BCUT2D eigenvalue weighted by molar-refractivity contribution is 7.90. The highest BCUT2D eigenvalue weighted by atomic mass is 32.2. The number of nitrogens with zero attached hydrogens (tertiary/aromatic N) is 3. The Kier molecular flexibility index (Phi) is 6.35. The number of halogens is 3. The summed E-state index contributed by atoms with van der Waals surface area (Å²) in [4.78, 5) is 25.4. The summed E-state index contributed by atoms with van der Waals surface area (Å²) in [5, 5.41) is 21.3. The van der Waals surface area contributed by atoms with E-state index in [0.717, 1.165) is 6.26 Å². The summed E-state index contributed by atoms with van der Waals surface area (Å²) in [5.41, 5.74) is -1.83. The SMILES string of the molecule is CC(C)[C@H](Nc1ncc(C(=O)O)c(C(F)(F)F)n1)c1nc2cc(S(C)(=O)=O)c(CO)cc2[nH]1. The number of rotatable bonds is 7. The van der Waals surface area contributed by atoms with E-state index in [1.165, 1.54) is 12.1 Å². The number of aromatic amines is 1. The van der Waals surface area contributed by atoms with Gasteiger partial charge in [0.15, 0.2) is 15.5 Å². The number of aromatic carboxylic acids is 1. The van der Waals surface area contributed by atoms with Crippen molar-refractivity contribution in [1.82, 2.24) is 19.9 Å². The Labute approximate surface area is 185 Å². The number of imidazole rings is 1. The van der Waals surface area contributed by atoms with Crippen molar-refractivity contribution in [2.75, 3.05) is 11.6 Å². The molecule has 0 bridgehead atoms. The molecule has 2 heterocycles. The van der Waals surface area contributed by atoms with Crippen LogP contribution in [0.25, 0.3) is 11.0 Å². The Bertz CT molecular complexity index is 1320. The number of fused-ring (bicyclic) bond motifs is 1. The van der Waals surface area contributed by atoms with E-state index in [2.05, 4.69) is 25.3 Å². The van der Waals surface area contributed by atoms with Crippen LogP contribution < -0.4 is 5.32 Å². The number of H-pyrrole nitrogens is 1.